The highest BCUT2D eigenvalue weighted by Gasteiger charge is 2.35. The fraction of sp³-hybridized carbons (Fsp3) is 0.364. The third-order valence-electron chi connectivity index (χ3n) is 5.51. The van der Waals surface area contributed by atoms with E-state index in [9.17, 15) is 14.7 Å². The first-order valence-electron chi connectivity index (χ1n) is 10.1. The predicted molar refractivity (Wildman–Crippen MR) is 115 cm³/mol. The van der Waals surface area contributed by atoms with Gasteiger partial charge in [0.25, 0.3) is 5.91 Å². The van der Waals surface area contributed by atoms with Crippen LogP contribution in [0.5, 0.6) is 0 Å². The summed E-state index contributed by atoms with van der Waals surface area (Å²) in [6.45, 7) is 1.18. The number of methoxy groups -OCH3 is 1. The molecule has 9 nitrogen and oxygen atoms in total. The molecule has 2 aromatic heterocycles. The number of ether oxygens (including phenoxy) is 1. The zero-order chi connectivity index (χ0) is 21.8. The Hall–Kier alpha value is -3.30. The number of fused-ring (bicyclic) bond motifs is 1. The molecule has 4 rings (SSSR count). The molecule has 1 saturated heterocycles. The van der Waals surface area contributed by atoms with Crippen molar-refractivity contribution in [3.05, 3.63) is 54.5 Å². The number of carbonyl (C=O) groups excluding carboxylic acids is 2. The zero-order valence-corrected chi connectivity index (χ0v) is 17.3. The van der Waals surface area contributed by atoms with Crippen molar-refractivity contribution >= 4 is 28.4 Å². The smallest absolute Gasteiger partial charge is 0.272 e. The monoisotopic (exact) mass is 423 g/mol. The highest BCUT2D eigenvalue weighted by Crippen LogP contribution is 2.27. The minimum Gasteiger partial charge on any atom is -0.388 e. The fourth-order valence-electron chi connectivity index (χ4n) is 3.82. The van der Waals surface area contributed by atoms with Crippen molar-refractivity contribution in [2.24, 2.45) is 0 Å². The van der Waals surface area contributed by atoms with Gasteiger partial charge in [-0.3, -0.25) is 19.3 Å². The van der Waals surface area contributed by atoms with Crippen LogP contribution >= 0.6 is 0 Å². The van der Waals surface area contributed by atoms with Crippen molar-refractivity contribution < 1.29 is 19.4 Å². The summed E-state index contributed by atoms with van der Waals surface area (Å²) >= 11 is 0. The third-order valence-corrected chi connectivity index (χ3v) is 5.51. The van der Waals surface area contributed by atoms with Crippen LogP contribution in [0.15, 0.2) is 48.8 Å². The average molecular weight is 423 g/mol. The predicted octanol–water partition coefficient (Wildman–Crippen LogP) is 1.68. The van der Waals surface area contributed by atoms with Gasteiger partial charge in [-0.05, 0) is 43.2 Å². The number of likely N-dealkylation sites (tertiary alicyclic amines) is 1. The molecule has 3 heterocycles. The van der Waals surface area contributed by atoms with Crippen molar-refractivity contribution in [2.45, 2.75) is 25.0 Å². The second-order valence-electron chi connectivity index (χ2n) is 7.79. The van der Waals surface area contributed by atoms with E-state index in [1.165, 1.54) is 7.11 Å². The number of hydrogen-bond donors (Lipinski definition) is 2. The maximum Gasteiger partial charge on any atom is 0.272 e. The van der Waals surface area contributed by atoms with E-state index in [-0.39, 0.29) is 18.4 Å². The number of piperidine rings is 1. The molecular weight excluding hydrogens is 398 g/mol. The fourth-order valence-corrected chi connectivity index (χ4v) is 3.82. The van der Waals surface area contributed by atoms with Gasteiger partial charge in [0, 0.05) is 37.5 Å². The second kappa shape index (κ2) is 8.83. The topological polar surface area (TPSA) is 110 Å². The number of benzene rings is 1. The van der Waals surface area contributed by atoms with Crippen LogP contribution in [0.25, 0.3) is 10.9 Å². The molecule has 0 spiro atoms. The van der Waals surface area contributed by atoms with Crippen LogP contribution in [0.3, 0.4) is 0 Å². The van der Waals surface area contributed by atoms with E-state index < -0.39 is 5.60 Å². The molecule has 162 valence electrons. The van der Waals surface area contributed by atoms with E-state index in [0.717, 1.165) is 10.9 Å². The summed E-state index contributed by atoms with van der Waals surface area (Å²) in [4.78, 5) is 30.2. The summed E-state index contributed by atoms with van der Waals surface area (Å²) in [5, 5.41) is 19.3. The summed E-state index contributed by atoms with van der Waals surface area (Å²) < 4.78 is 6.59. The molecule has 3 aromatic rings. The standard InChI is InChI=1S/C22H25N5O4/c1-31-14-20(28)25-17-6-5-16-13-24-27(19(16)12-17)15-22(30)7-10-26(11-8-22)21(29)18-4-2-3-9-23-18/h2-6,9,12-13,30H,7-8,10-11,14-15H2,1H3,(H,25,28). The number of nitrogens with one attached hydrogen (secondary N) is 1. The van der Waals surface area contributed by atoms with Crippen molar-refractivity contribution in [1.82, 2.24) is 19.7 Å². The van der Waals surface area contributed by atoms with Crippen molar-refractivity contribution in [3.8, 4) is 0 Å². The molecular formula is C22H25N5O4. The summed E-state index contributed by atoms with van der Waals surface area (Å²) in [6.07, 6.45) is 4.22. The van der Waals surface area contributed by atoms with Crippen molar-refractivity contribution in [2.75, 3.05) is 32.1 Å². The molecule has 0 saturated carbocycles. The van der Waals surface area contributed by atoms with Gasteiger partial charge in [-0.25, -0.2) is 0 Å². The lowest BCUT2D eigenvalue weighted by molar-refractivity contribution is -0.119. The van der Waals surface area contributed by atoms with Gasteiger partial charge < -0.3 is 20.1 Å². The number of pyridine rings is 1. The molecule has 0 unspecified atom stereocenters. The van der Waals surface area contributed by atoms with E-state index in [2.05, 4.69) is 15.4 Å². The number of anilines is 1. The van der Waals surface area contributed by atoms with Gasteiger partial charge in [0.05, 0.1) is 23.9 Å². The molecule has 0 aliphatic carbocycles. The summed E-state index contributed by atoms with van der Waals surface area (Å²) in [7, 11) is 1.47. The van der Waals surface area contributed by atoms with Gasteiger partial charge in [-0.15, -0.1) is 0 Å². The molecule has 1 fully saturated rings. The number of aromatic nitrogens is 3. The number of aliphatic hydroxyl groups is 1. The van der Waals surface area contributed by atoms with Crippen molar-refractivity contribution in [1.29, 1.82) is 0 Å². The zero-order valence-electron chi connectivity index (χ0n) is 17.3. The summed E-state index contributed by atoms with van der Waals surface area (Å²) in [6, 6.07) is 10.8. The van der Waals surface area contributed by atoms with Gasteiger partial charge in [0.2, 0.25) is 5.91 Å². The van der Waals surface area contributed by atoms with E-state index in [0.29, 0.717) is 43.9 Å². The first kappa shape index (κ1) is 21.0. The van der Waals surface area contributed by atoms with Crippen LogP contribution in [-0.2, 0) is 16.1 Å². The van der Waals surface area contributed by atoms with Gasteiger partial charge in [0.1, 0.15) is 12.3 Å². The first-order valence-corrected chi connectivity index (χ1v) is 10.1. The van der Waals surface area contributed by atoms with E-state index >= 15 is 0 Å². The highest BCUT2D eigenvalue weighted by molar-refractivity contribution is 5.94. The molecule has 1 aromatic carbocycles. The lowest BCUT2D eigenvalue weighted by Crippen LogP contribution is -2.48. The summed E-state index contributed by atoms with van der Waals surface area (Å²) in [5.74, 6) is -0.361. The number of rotatable bonds is 6. The Bertz CT molecular complexity index is 1070. The molecule has 2 amide bonds. The van der Waals surface area contributed by atoms with E-state index in [4.69, 9.17) is 4.74 Å². The SMILES string of the molecule is COCC(=O)Nc1ccc2cnn(CC3(O)CCN(C(=O)c4ccccn4)CC3)c2c1. The Morgan fingerprint density at radius 3 is 2.74 bits per heavy atom. The van der Waals surface area contributed by atoms with Crippen LogP contribution in [0.4, 0.5) is 5.69 Å². The van der Waals surface area contributed by atoms with Crippen LogP contribution in [0, 0.1) is 0 Å². The molecule has 0 atom stereocenters. The van der Waals surface area contributed by atoms with Crippen LogP contribution < -0.4 is 5.32 Å². The normalized spacial score (nSPS) is 15.7. The van der Waals surface area contributed by atoms with Gasteiger partial charge in [-0.1, -0.05) is 6.07 Å². The van der Waals surface area contributed by atoms with Gasteiger partial charge in [-0.2, -0.15) is 5.10 Å². The number of nitrogens with zero attached hydrogens (tertiary/aromatic N) is 4. The Labute approximate surface area is 179 Å². The molecule has 0 radical (unpaired) electrons. The van der Waals surface area contributed by atoms with Crippen LogP contribution in [0.2, 0.25) is 0 Å². The Morgan fingerprint density at radius 1 is 1.23 bits per heavy atom. The number of hydrogen-bond acceptors (Lipinski definition) is 6. The number of amides is 2. The van der Waals surface area contributed by atoms with E-state index in [1.807, 2.05) is 12.1 Å². The minimum absolute atomic E-state index is 0.0230. The highest BCUT2D eigenvalue weighted by atomic mass is 16.5. The summed E-state index contributed by atoms with van der Waals surface area (Å²) in [5.41, 5.74) is 0.888. The largest absolute Gasteiger partial charge is 0.388 e. The molecule has 1 aliphatic rings. The number of carbonyl (C=O) groups is 2. The molecule has 31 heavy (non-hydrogen) atoms. The van der Waals surface area contributed by atoms with Crippen molar-refractivity contribution in [3.63, 3.8) is 0 Å². The second-order valence-corrected chi connectivity index (χ2v) is 7.79. The average Bonchev–Trinajstić information content (AvgIpc) is 3.16. The first-order chi connectivity index (χ1) is 15.0. The lowest BCUT2D eigenvalue weighted by atomic mass is 9.91. The molecule has 9 heteroatoms. The maximum atomic E-state index is 12.6. The molecule has 1 aliphatic heterocycles. The minimum atomic E-state index is -0.977. The molecule has 0 bridgehead atoms. The van der Waals surface area contributed by atoms with Gasteiger partial charge >= 0.3 is 0 Å². The van der Waals surface area contributed by atoms with Crippen LogP contribution in [0.1, 0.15) is 23.3 Å². The maximum absolute atomic E-state index is 12.6. The van der Waals surface area contributed by atoms with Crippen LogP contribution in [-0.4, -0.2) is 69.0 Å². The Morgan fingerprint density at radius 2 is 2.03 bits per heavy atom. The Balaban J connectivity index is 1.44. The quantitative estimate of drug-likeness (QED) is 0.624. The lowest BCUT2D eigenvalue weighted by Gasteiger charge is -2.38. The molecule has 2 N–H and O–H groups in total. The third kappa shape index (κ3) is 4.73. The van der Waals surface area contributed by atoms with Gasteiger partial charge in [0.15, 0.2) is 0 Å². The van der Waals surface area contributed by atoms with E-state index in [1.54, 1.807) is 46.2 Å². The Kier molecular flexibility index (Phi) is 5.97.